The lowest BCUT2D eigenvalue weighted by Gasteiger charge is -2.26. The zero-order chi connectivity index (χ0) is 13.2. The van der Waals surface area contributed by atoms with Crippen LogP contribution >= 0.6 is 11.6 Å². The molecule has 0 saturated heterocycles. The number of ether oxygens (including phenoxy) is 1. The molecular formula is C15H19ClN2O. The predicted octanol–water partition coefficient (Wildman–Crippen LogP) is 3.97. The lowest BCUT2D eigenvalue weighted by molar-refractivity contribution is 0.277. The Labute approximate surface area is 118 Å². The van der Waals surface area contributed by atoms with Crippen molar-refractivity contribution in [3.05, 3.63) is 24.0 Å². The Bertz CT molecular complexity index is 575. The van der Waals surface area contributed by atoms with E-state index in [1.165, 1.54) is 19.3 Å². The number of para-hydroxylation sites is 1. The van der Waals surface area contributed by atoms with Crippen LogP contribution in [0.3, 0.4) is 0 Å². The third-order valence-electron chi connectivity index (χ3n) is 3.91. The van der Waals surface area contributed by atoms with Crippen molar-refractivity contribution in [2.75, 3.05) is 6.61 Å². The van der Waals surface area contributed by atoms with Gasteiger partial charge in [-0.2, -0.15) is 0 Å². The standard InChI is InChI=1S/C15H19ClN2O/c1-2-19-13-8-4-7-12-15(13)17-14(9-16)18(12)10-11-5-3-6-11/h4,7-8,11H,2-3,5-6,9-10H2,1H3. The van der Waals surface area contributed by atoms with Gasteiger partial charge in [-0.25, -0.2) is 4.98 Å². The molecule has 0 amide bonds. The van der Waals surface area contributed by atoms with Gasteiger partial charge in [0.2, 0.25) is 0 Å². The van der Waals surface area contributed by atoms with Gasteiger partial charge in [-0.1, -0.05) is 12.5 Å². The van der Waals surface area contributed by atoms with Crippen LogP contribution < -0.4 is 4.74 Å². The van der Waals surface area contributed by atoms with E-state index in [9.17, 15) is 0 Å². The molecule has 3 nitrogen and oxygen atoms in total. The van der Waals surface area contributed by atoms with Gasteiger partial charge in [-0.3, -0.25) is 0 Å². The second-order valence-corrected chi connectivity index (χ2v) is 5.39. The van der Waals surface area contributed by atoms with Crippen molar-refractivity contribution in [1.29, 1.82) is 0 Å². The number of hydrogen-bond acceptors (Lipinski definition) is 2. The molecule has 4 heteroatoms. The Hall–Kier alpha value is -1.22. The van der Waals surface area contributed by atoms with Gasteiger partial charge in [-0.15, -0.1) is 11.6 Å². The third-order valence-corrected chi connectivity index (χ3v) is 4.14. The fourth-order valence-corrected chi connectivity index (χ4v) is 2.88. The first-order chi connectivity index (χ1) is 9.33. The first-order valence-corrected chi connectivity index (χ1v) is 7.53. The Morgan fingerprint density at radius 1 is 1.42 bits per heavy atom. The Morgan fingerprint density at radius 3 is 2.89 bits per heavy atom. The zero-order valence-corrected chi connectivity index (χ0v) is 12.0. The molecule has 1 saturated carbocycles. The van der Waals surface area contributed by atoms with E-state index in [1.54, 1.807) is 0 Å². The fourth-order valence-electron chi connectivity index (χ4n) is 2.68. The molecule has 19 heavy (non-hydrogen) atoms. The number of hydrogen-bond donors (Lipinski definition) is 0. The van der Waals surface area contributed by atoms with Gasteiger partial charge in [0, 0.05) is 6.54 Å². The average Bonchev–Trinajstić information content (AvgIpc) is 2.73. The molecule has 0 unspecified atom stereocenters. The summed E-state index contributed by atoms with van der Waals surface area (Å²) in [6.07, 6.45) is 4.01. The van der Waals surface area contributed by atoms with Crippen molar-refractivity contribution in [1.82, 2.24) is 9.55 Å². The molecular weight excluding hydrogens is 260 g/mol. The maximum Gasteiger partial charge on any atom is 0.147 e. The largest absolute Gasteiger partial charge is 0.492 e. The van der Waals surface area contributed by atoms with E-state index in [1.807, 2.05) is 19.1 Å². The molecule has 0 radical (unpaired) electrons. The summed E-state index contributed by atoms with van der Waals surface area (Å²) < 4.78 is 7.93. The normalized spacial score (nSPS) is 15.7. The highest BCUT2D eigenvalue weighted by Gasteiger charge is 2.21. The van der Waals surface area contributed by atoms with E-state index < -0.39 is 0 Å². The van der Waals surface area contributed by atoms with Gasteiger partial charge in [-0.05, 0) is 37.8 Å². The topological polar surface area (TPSA) is 27.1 Å². The highest BCUT2D eigenvalue weighted by atomic mass is 35.5. The number of halogens is 1. The van der Waals surface area contributed by atoms with Crippen LogP contribution in [0.1, 0.15) is 32.0 Å². The first kappa shape index (κ1) is 12.8. The van der Waals surface area contributed by atoms with E-state index in [2.05, 4.69) is 15.6 Å². The van der Waals surface area contributed by atoms with Crippen molar-refractivity contribution in [3.63, 3.8) is 0 Å². The van der Waals surface area contributed by atoms with Gasteiger partial charge in [0.1, 0.15) is 17.1 Å². The van der Waals surface area contributed by atoms with E-state index in [4.69, 9.17) is 16.3 Å². The van der Waals surface area contributed by atoms with Crippen LogP contribution in [0.4, 0.5) is 0 Å². The van der Waals surface area contributed by atoms with Gasteiger partial charge in [0.15, 0.2) is 0 Å². The highest BCUT2D eigenvalue weighted by molar-refractivity contribution is 6.16. The smallest absolute Gasteiger partial charge is 0.147 e. The maximum absolute atomic E-state index is 6.05. The lowest BCUT2D eigenvalue weighted by atomic mass is 9.85. The molecule has 1 fully saturated rings. The summed E-state index contributed by atoms with van der Waals surface area (Å²) in [4.78, 5) is 4.67. The summed E-state index contributed by atoms with van der Waals surface area (Å²) in [6.45, 7) is 3.69. The fraction of sp³-hybridized carbons (Fsp3) is 0.533. The molecule has 0 spiro atoms. The molecule has 1 aliphatic carbocycles. The van der Waals surface area contributed by atoms with Crippen molar-refractivity contribution in [2.45, 2.75) is 38.6 Å². The van der Waals surface area contributed by atoms with E-state index in [0.29, 0.717) is 12.5 Å². The van der Waals surface area contributed by atoms with Crippen LogP contribution in [-0.4, -0.2) is 16.2 Å². The molecule has 0 bridgehead atoms. The van der Waals surface area contributed by atoms with Crippen LogP contribution in [0.25, 0.3) is 11.0 Å². The van der Waals surface area contributed by atoms with E-state index in [0.717, 1.165) is 35.1 Å². The number of nitrogens with zero attached hydrogens (tertiary/aromatic N) is 2. The van der Waals surface area contributed by atoms with Crippen molar-refractivity contribution in [2.24, 2.45) is 5.92 Å². The zero-order valence-electron chi connectivity index (χ0n) is 11.2. The molecule has 1 heterocycles. The number of fused-ring (bicyclic) bond motifs is 1. The minimum Gasteiger partial charge on any atom is -0.492 e. The van der Waals surface area contributed by atoms with Gasteiger partial charge < -0.3 is 9.30 Å². The molecule has 0 aliphatic heterocycles. The second-order valence-electron chi connectivity index (χ2n) is 5.13. The molecule has 0 atom stereocenters. The van der Waals surface area contributed by atoms with Crippen LogP contribution in [0.15, 0.2) is 18.2 Å². The van der Waals surface area contributed by atoms with E-state index >= 15 is 0 Å². The second kappa shape index (κ2) is 5.41. The Morgan fingerprint density at radius 2 is 2.26 bits per heavy atom. The van der Waals surface area contributed by atoms with Gasteiger partial charge >= 0.3 is 0 Å². The minimum atomic E-state index is 0.451. The molecule has 1 aliphatic rings. The monoisotopic (exact) mass is 278 g/mol. The minimum absolute atomic E-state index is 0.451. The summed E-state index contributed by atoms with van der Waals surface area (Å²) in [7, 11) is 0. The summed E-state index contributed by atoms with van der Waals surface area (Å²) in [5.41, 5.74) is 2.09. The highest BCUT2D eigenvalue weighted by Crippen LogP contribution is 2.32. The Balaban J connectivity index is 2.05. The maximum atomic E-state index is 6.05. The van der Waals surface area contributed by atoms with Crippen molar-refractivity contribution in [3.8, 4) is 5.75 Å². The SMILES string of the molecule is CCOc1cccc2c1nc(CCl)n2CC1CCC1. The molecule has 1 aromatic heterocycles. The summed E-state index contributed by atoms with van der Waals surface area (Å²) >= 11 is 6.05. The van der Waals surface area contributed by atoms with Crippen LogP contribution in [0.5, 0.6) is 5.75 Å². The third kappa shape index (κ3) is 2.32. The van der Waals surface area contributed by atoms with Gasteiger partial charge in [0.25, 0.3) is 0 Å². The number of benzene rings is 1. The summed E-state index contributed by atoms with van der Waals surface area (Å²) in [5.74, 6) is 3.05. The molecule has 2 aromatic rings. The predicted molar refractivity (Wildman–Crippen MR) is 77.8 cm³/mol. The number of alkyl halides is 1. The van der Waals surface area contributed by atoms with Crippen molar-refractivity contribution < 1.29 is 4.74 Å². The summed E-state index contributed by atoms with van der Waals surface area (Å²) in [6, 6.07) is 6.12. The van der Waals surface area contributed by atoms with E-state index in [-0.39, 0.29) is 0 Å². The molecule has 1 aromatic carbocycles. The van der Waals surface area contributed by atoms with Crippen LogP contribution in [0.2, 0.25) is 0 Å². The number of imidazole rings is 1. The Kier molecular flexibility index (Phi) is 3.65. The molecule has 0 N–H and O–H groups in total. The van der Waals surface area contributed by atoms with Gasteiger partial charge in [0.05, 0.1) is 18.0 Å². The molecule has 102 valence electrons. The lowest BCUT2D eigenvalue weighted by Crippen LogP contribution is -2.19. The number of aromatic nitrogens is 2. The van der Waals surface area contributed by atoms with Crippen LogP contribution in [0, 0.1) is 5.92 Å². The molecule has 3 rings (SSSR count). The first-order valence-electron chi connectivity index (χ1n) is 7.00. The summed E-state index contributed by atoms with van der Waals surface area (Å²) in [5, 5.41) is 0. The van der Waals surface area contributed by atoms with Crippen LogP contribution in [-0.2, 0) is 12.4 Å². The quantitative estimate of drug-likeness (QED) is 0.774. The average molecular weight is 279 g/mol. The van der Waals surface area contributed by atoms with Crippen molar-refractivity contribution >= 4 is 22.6 Å². The number of rotatable bonds is 5.